The molecule has 0 radical (unpaired) electrons. The number of rotatable bonds is 0. The summed E-state index contributed by atoms with van der Waals surface area (Å²) in [4.78, 5) is 45.9. The molecule has 0 aromatic heterocycles. The summed E-state index contributed by atoms with van der Waals surface area (Å²) in [5.41, 5.74) is 1.01. The number of benzene rings is 1. The molecule has 2 aliphatic heterocycles. The number of hydrogen-bond donors (Lipinski definition) is 0. The van der Waals surface area contributed by atoms with Crippen LogP contribution in [0.4, 0.5) is 0 Å². The minimum atomic E-state index is -0.212. The zero-order chi connectivity index (χ0) is 18.9. The fourth-order valence-corrected chi connectivity index (χ4v) is 2.00. The van der Waals surface area contributed by atoms with Gasteiger partial charge in [0.25, 0.3) is 11.8 Å². The van der Waals surface area contributed by atoms with Crippen LogP contribution in [0.5, 0.6) is 0 Å². The third-order valence-electron chi connectivity index (χ3n) is 3.30. The lowest BCUT2D eigenvalue weighted by Crippen LogP contribution is -2.24. The van der Waals surface area contributed by atoms with Crippen LogP contribution in [0.3, 0.4) is 0 Å². The zero-order valence-electron chi connectivity index (χ0n) is 15.3. The van der Waals surface area contributed by atoms with Gasteiger partial charge in [0.2, 0.25) is 11.8 Å². The maximum atomic E-state index is 11.3. The molecule has 0 atom stereocenters. The van der Waals surface area contributed by atoms with Crippen molar-refractivity contribution < 1.29 is 19.2 Å². The van der Waals surface area contributed by atoms with Gasteiger partial charge in [0.1, 0.15) is 0 Å². The molecule has 6 nitrogen and oxygen atoms in total. The van der Waals surface area contributed by atoms with E-state index in [1.807, 2.05) is 27.7 Å². The first kappa shape index (κ1) is 21.5. The average Bonchev–Trinajstić information content (AvgIpc) is 3.05. The SMILES string of the molecule is CC.CC.CN1C(=O)CCC1=O.CN1C(=O)c2ccccc2C1=O. The highest BCUT2D eigenvalue weighted by molar-refractivity contribution is 6.21. The summed E-state index contributed by atoms with van der Waals surface area (Å²) in [6.07, 6.45) is 0.796. The Morgan fingerprint density at radius 3 is 1.25 bits per heavy atom. The molecule has 0 N–H and O–H groups in total. The third-order valence-corrected chi connectivity index (χ3v) is 3.30. The van der Waals surface area contributed by atoms with E-state index in [4.69, 9.17) is 0 Å². The number of likely N-dealkylation sites (tertiary alicyclic amines) is 1. The fraction of sp³-hybridized carbons (Fsp3) is 0.444. The highest BCUT2D eigenvalue weighted by atomic mass is 16.2. The van der Waals surface area contributed by atoms with Crippen molar-refractivity contribution in [3.8, 4) is 0 Å². The second kappa shape index (κ2) is 10.3. The molecule has 6 heteroatoms. The first-order valence-electron chi connectivity index (χ1n) is 8.14. The Labute approximate surface area is 143 Å². The first-order chi connectivity index (χ1) is 11.4. The van der Waals surface area contributed by atoms with Gasteiger partial charge in [-0.1, -0.05) is 39.8 Å². The van der Waals surface area contributed by atoms with Crippen molar-refractivity contribution in [1.29, 1.82) is 0 Å². The van der Waals surface area contributed by atoms with Crippen LogP contribution in [-0.4, -0.2) is 47.5 Å². The minimum Gasteiger partial charge on any atom is -0.286 e. The molecule has 132 valence electrons. The highest BCUT2D eigenvalue weighted by Gasteiger charge is 2.31. The third kappa shape index (κ3) is 4.75. The molecule has 1 fully saturated rings. The molecule has 0 aliphatic carbocycles. The second-order valence-electron chi connectivity index (χ2n) is 4.56. The van der Waals surface area contributed by atoms with Gasteiger partial charge in [0.15, 0.2) is 0 Å². The molecular formula is C18H26N2O4. The average molecular weight is 334 g/mol. The molecule has 0 unspecified atom stereocenters. The van der Waals surface area contributed by atoms with Crippen LogP contribution in [0.2, 0.25) is 0 Å². The second-order valence-corrected chi connectivity index (χ2v) is 4.56. The lowest BCUT2D eigenvalue weighted by Gasteiger charge is -2.02. The van der Waals surface area contributed by atoms with Gasteiger partial charge in [0, 0.05) is 26.9 Å². The van der Waals surface area contributed by atoms with E-state index in [2.05, 4.69) is 0 Å². The molecule has 1 saturated heterocycles. The lowest BCUT2D eigenvalue weighted by molar-refractivity contribution is -0.136. The lowest BCUT2D eigenvalue weighted by atomic mass is 10.1. The monoisotopic (exact) mass is 334 g/mol. The molecule has 0 bridgehead atoms. The van der Waals surface area contributed by atoms with E-state index in [9.17, 15) is 19.2 Å². The number of carbonyl (C=O) groups is 4. The molecule has 24 heavy (non-hydrogen) atoms. The van der Waals surface area contributed by atoms with Crippen molar-refractivity contribution >= 4 is 23.6 Å². The van der Waals surface area contributed by atoms with E-state index in [1.54, 1.807) is 24.3 Å². The van der Waals surface area contributed by atoms with Crippen LogP contribution in [0, 0.1) is 0 Å². The maximum Gasteiger partial charge on any atom is 0.261 e. The van der Waals surface area contributed by atoms with Crippen LogP contribution in [-0.2, 0) is 9.59 Å². The number of hydrogen-bond acceptors (Lipinski definition) is 4. The Morgan fingerprint density at radius 1 is 0.667 bits per heavy atom. The van der Waals surface area contributed by atoms with Gasteiger partial charge in [-0.15, -0.1) is 0 Å². The molecule has 2 heterocycles. The summed E-state index contributed by atoms with van der Waals surface area (Å²) in [6, 6.07) is 6.84. The van der Waals surface area contributed by atoms with E-state index in [1.165, 1.54) is 19.0 Å². The van der Waals surface area contributed by atoms with Crippen molar-refractivity contribution in [2.45, 2.75) is 40.5 Å². The van der Waals surface area contributed by atoms with Crippen molar-refractivity contribution in [3.05, 3.63) is 35.4 Å². The largest absolute Gasteiger partial charge is 0.286 e. The smallest absolute Gasteiger partial charge is 0.261 e. The molecule has 2 aliphatic rings. The van der Waals surface area contributed by atoms with Gasteiger partial charge in [-0.05, 0) is 12.1 Å². The Morgan fingerprint density at radius 2 is 1.00 bits per heavy atom. The van der Waals surface area contributed by atoms with Gasteiger partial charge in [0.05, 0.1) is 11.1 Å². The zero-order valence-corrected chi connectivity index (χ0v) is 15.3. The normalized spacial score (nSPS) is 14.9. The summed E-state index contributed by atoms with van der Waals surface area (Å²) < 4.78 is 0. The molecule has 1 aromatic carbocycles. The minimum absolute atomic E-state index is 0.0602. The Hall–Kier alpha value is -2.50. The summed E-state index contributed by atoms with van der Waals surface area (Å²) in [6.45, 7) is 8.00. The van der Waals surface area contributed by atoms with Crippen molar-refractivity contribution in [2.75, 3.05) is 14.1 Å². The number of nitrogens with zero attached hydrogens (tertiary/aromatic N) is 2. The first-order valence-corrected chi connectivity index (χ1v) is 8.14. The van der Waals surface area contributed by atoms with E-state index >= 15 is 0 Å². The standard InChI is InChI=1S/C9H7NO2.C5H7NO2.2C2H6/c1-10-8(11)6-4-2-3-5-7(6)9(10)12;1-6-4(7)2-3-5(6)8;2*1-2/h2-5H,1H3;2-3H2,1H3;2*1-2H3. The Bertz CT molecular complexity index is 560. The topological polar surface area (TPSA) is 74.8 Å². The maximum absolute atomic E-state index is 11.3. The van der Waals surface area contributed by atoms with Gasteiger partial charge in [-0.3, -0.25) is 29.0 Å². The summed E-state index contributed by atoms with van der Waals surface area (Å²) in [5.74, 6) is -0.545. The van der Waals surface area contributed by atoms with Crippen LogP contribution < -0.4 is 0 Å². The van der Waals surface area contributed by atoms with Crippen LogP contribution in [0.25, 0.3) is 0 Å². The summed E-state index contributed by atoms with van der Waals surface area (Å²) >= 11 is 0. The Balaban J connectivity index is 0.000000385. The van der Waals surface area contributed by atoms with Crippen LogP contribution in [0.15, 0.2) is 24.3 Å². The molecule has 0 saturated carbocycles. The van der Waals surface area contributed by atoms with Gasteiger partial charge in [-0.2, -0.15) is 0 Å². The van der Waals surface area contributed by atoms with Crippen molar-refractivity contribution in [1.82, 2.24) is 9.80 Å². The number of carbonyl (C=O) groups excluding carboxylic acids is 4. The summed E-state index contributed by atoms with van der Waals surface area (Å²) in [5, 5.41) is 0. The van der Waals surface area contributed by atoms with Crippen LogP contribution >= 0.6 is 0 Å². The fourth-order valence-electron chi connectivity index (χ4n) is 2.00. The van der Waals surface area contributed by atoms with Crippen LogP contribution in [0.1, 0.15) is 61.3 Å². The van der Waals surface area contributed by atoms with Gasteiger partial charge >= 0.3 is 0 Å². The predicted molar refractivity (Wildman–Crippen MR) is 92.6 cm³/mol. The number of imide groups is 2. The predicted octanol–water partition coefficient (Wildman–Crippen LogP) is 2.73. The highest BCUT2D eigenvalue weighted by Crippen LogP contribution is 2.20. The molecule has 3 rings (SSSR count). The van der Waals surface area contributed by atoms with E-state index in [-0.39, 0.29) is 23.6 Å². The number of fused-ring (bicyclic) bond motifs is 1. The van der Waals surface area contributed by atoms with Crippen molar-refractivity contribution in [3.63, 3.8) is 0 Å². The van der Waals surface area contributed by atoms with Crippen molar-refractivity contribution in [2.24, 2.45) is 0 Å². The van der Waals surface area contributed by atoms with E-state index < -0.39 is 0 Å². The molecule has 0 spiro atoms. The summed E-state index contributed by atoms with van der Waals surface area (Å²) in [7, 11) is 3.00. The van der Waals surface area contributed by atoms with E-state index in [0.29, 0.717) is 24.0 Å². The molecule has 4 amide bonds. The quantitative estimate of drug-likeness (QED) is 0.684. The molecular weight excluding hydrogens is 308 g/mol. The number of amides is 4. The Kier molecular flexibility index (Phi) is 9.23. The van der Waals surface area contributed by atoms with Gasteiger partial charge in [-0.25, -0.2) is 0 Å². The van der Waals surface area contributed by atoms with Gasteiger partial charge < -0.3 is 0 Å². The molecule has 1 aromatic rings. The van der Waals surface area contributed by atoms with E-state index in [0.717, 1.165) is 4.90 Å².